The van der Waals surface area contributed by atoms with Crippen LogP contribution < -0.4 is 0 Å². The SMILES string of the molecule is O=C(O)c1ccc2cc(O)c(S(=O)(=O)O)cc2c1. The second kappa shape index (κ2) is 3.97. The molecule has 0 bridgehead atoms. The van der Waals surface area contributed by atoms with Gasteiger partial charge in [-0.05, 0) is 35.0 Å². The summed E-state index contributed by atoms with van der Waals surface area (Å²) in [5.74, 6) is -1.74. The fourth-order valence-electron chi connectivity index (χ4n) is 1.60. The van der Waals surface area contributed by atoms with Crippen molar-refractivity contribution < 1.29 is 28.0 Å². The van der Waals surface area contributed by atoms with Crippen LogP contribution in [0, 0.1) is 0 Å². The molecule has 0 saturated heterocycles. The average Bonchev–Trinajstić information content (AvgIpc) is 2.25. The number of hydrogen-bond donors (Lipinski definition) is 3. The van der Waals surface area contributed by atoms with E-state index in [0.29, 0.717) is 10.8 Å². The van der Waals surface area contributed by atoms with Gasteiger partial charge in [0.15, 0.2) is 0 Å². The first-order chi connectivity index (χ1) is 8.29. The molecule has 0 unspecified atom stereocenters. The lowest BCUT2D eigenvalue weighted by Gasteiger charge is -2.05. The third kappa shape index (κ3) is 2.13. The second-order valence-electron chi connectivity index (χ2n) is 3.66. The minimum Gasteiger partial charge on any atom is -0.506 e. The van der Waals surface area contributed by atoms with Crippen molar-refractivity contribution in [3.63, 3.8) is 0 Å². The Morgan fingerprint density at radius 2 is 1.72 bits per heavy atom. The second-order valence-corrected chi connectivity index (χ2v) is 5.05. The van der Waals surface area contributed by atoms with E-state index in [1.807, 2.05) is 0 Å². The number of benzene rings is 2. The molecular weight excluding hydrogens is 260 g/mol. The van der Waals surface area contributed by atoms with Gasteiger partial charge in [0.05, 0.1) is 5.56 Å². The quantitative estimate of drug-likeness (QED) is 0.711. The van der Waals surface area contributed by atoms with Gasteiger partial charge in [-0.15, -0.1) is 0 Å². The number of hydrogen-bond acceptors (Lipinski definition) is 4. The Balaban J connectivity index is 2.79. The smallest absolute Gasteiger partial charge is 0.335 e. The monoisotopic (exact) mass is 268 g/mol. The normalized spacial score (nSPS) is 11.6. The molecule has 0 spiro atoms. The highest BCUT2D eigenvalue weighted by atomic mass is 32.2. The van der Waals surface area contributed by atoms with Crippen molar-refractivity contribution >= 4 is 26.9 Å². The van der Waals surface area contributed by atoms with E-state index < -0.39 is 26.7 Å². The molecule has 3 N–H and O–H groups in total. The summed E-state index contributed by atoms with van der Waals surface area (Å²) >= 11 is 0. The van der Waals surface area contributed by atoms with Crippen LogP contribution in [0.1, 0.15) is 10.4 Å². The van der Waals surface area contributed by atoms with Gasteiger partial charge in [0.2, 0.25) is 0 Å². The first kappa shape index (κ1) is 12.3. The summed E-state index contributed by atoms with van der Waals surface area (Å²) in [4.78, 5) is 10.1. The third-order valence-corrected chi connectivity index (χ3v) is 3.33. The third-order valence-electron chi connectivity index (χ3n) is 2.44. The van der Waals surface area contributed by atoms with Gasteiger partial charge < -0.3 is 10.2 Å². The molecule has 2 aromatic carbocycles. The maximum Gasteiger partial charge on any atom is 0.335 e. The van der Waals surface area contributed by atoms with Gasteiger partial charge >= 0.3 is 5.97 Å². The summed E-state index contributed by atoms with van der Waals surface area (Å²) in [5, 5.41) is 19.0. The van der Waals surface area contributed by atoms with E-state index in [4.69, 9.17) is 9.66 Å². The largest absolute Gasteiger partial charge is 0.506 e. The molecule has 0 fully saturated rings. The van der Waals surface area contributed by atoms with E-state index >= 15 is 0 Å². The van der Waals surface area contributed by atoms with E-state index in [-0.39, 0.29) is 5.56 Å². The van der Waals surface area contributed by atoms with E-state index in [0.717, 1.165) is 12.1 Å². The molecule has 2 rings (SSSR count). The van der Waals surface area contributed by atoms with Crippen molar-refractivity contribution in [3.8, 4) is 5.75 Å². The van der Waals surface area contributed by atoms with Crippen LogP contribution in [0.3, 0.4) is 0 Å². The zero-order chi connectivity index (χ0) is 13.5. The summed E-state index contributed by atoms with van der Waals surface area (Å²) in [7, 11) is -4.56. The lowest BCUT2D eigenvalue weighted by Crippen LogP contribution is -1.99. The Morgan fingerprint density at radius 3 is 2.28 bits per heavy atom. The number of rotatable bonds is 2. The molecule has 0 aliphatic rings. The van der Waals surface area contributed by atoms with Crippen molar-refractivity contribution in [1.82, 2.24) is 0 Å². The standard InChI is InChI=1S/C11H8O6S/c12-9-4-6-1-2-7(11(13)14)3-8(6)5-10(9)18(15,16)17/h1-5,12H,(H,13,14)(H,15,16,17). The zero-order valence-corrected chi connectivity index (χ0v) is 9.68. The van der Waals surface area contributed by atoms with Crippen molar-refractivity contribution in [2.75, 3.05) is 0 Å². The van der Waals surface area contributed by atoms with Gasteiger partial charge in [-0.1, -0.05) is 6.07 Å². The predicted octanol–water partition coefficient (Wildman–Crippen LogP) is 1.49. The molecule has 2 aromatic rings. The van der Waals surface area contributed by atoms with Gasteiger partial charge in [-0.2, -0.15) is 8.42 Å². The molecule has 0 aromatic heterocycles. The van der Waals surface area contributed by atoms with Gasteiger partial charge in [0.1, 0.15) is 10.6 Å². The lowest BCUT2D eigenvalue weighted by molar-refractivity contribution is 0.0697. The summed E-state index contributed by atoms with van der Waals surface area (Å²) in [5.41, 5.74) is -0.0190. The molecule has 0 saturated carbocycles. The molecular formula is C11H8O6S. The number of phenols is 1. The van der Waals surface area contributed by atoms with Gasteiger partial charge in [-0.3, -0.25) is 4.55 Å². The Bertz CT molecular complexity index is 747. The molecule has 0 aliphatic carbocycles. The summed E-state index contributed by atoms with van der Waals surface area (Å²) in [6.45, 7) is 0. The molecule has 94 valence electrons. The Morgan fingerprint density at radius 1 is 1.06 bits per heavy atom. The van der Waals surface area contributed by atoms with E-state index in [2.05, 4.69) is 0 Å². The molecule has 0 atom stereocenters. The average molecular weight is 268 g/mol. The van der Waals surface area contributed by atoms with Crippen LogP contribution in [0.15, 0.2) is 35.2 Å². The van der Waals surface area contributed by atoms with Gasteiger partial charge in [-0.25, -0.2) is 4.79 Å². The predicted molar refractivity (Wildman–Crippen MR) is 62.4 cm³/mol. The summed E-state index contributed by atoms with van der Waals surface area (Å²) in [6.07, 6.45) is 0. The van der Waals surface area contributed by atoms with Gasteiger partial charge in [0, 0.05) is 0 Å². The van der Waals surface area contributed by atoms with Crippen molar-refractivity contribution in [3.05, 3.63) is 35.9 Å². The highest BCUT2D eigenvalue weighted by Gasteiger charge is 2.16. The Hall–Kier alpha value is -2.12. The van der Waals surface area contributed by atoms with Crippen LogP contribution in [-0.2, 0) is 10.1 Å². The number of carboxylic acids is 1. The minimum absolute atomic E-state index is 0.0190. The number of aromatic hydroxyl groups is 1. The van der Waals surface area contributed by atoms with Crippen molar-refractivity contribution in [1.29, 1.82) is 0 Å². The summed E-state index contributed by atoms with van der Waals surface area (Å²) < 4.78 is 30.9. The van der Waals surface area contributed by atoms with Crippen LogP contribution in [0.2, 0.25) is 0 Å². The topological polar surface area (TPSA) is 112 Å². The Kier molecular flexibility index (Phi) is 2.72. The molecule has 0 amide bonds. The van der Waals surface area contributed by atoms with Crippen molar-refractivity contribution in [2.24, 2.45) is 0 Å². The number of phenolic OH excluding ortho intramolecular Hbond substituents is 1. The van der Waals surface area contributed by atoms with Crippen LogP contribution in [0.5, 0.6) is 5.75 Å². The molecule has 7 heteroatoms. The first-order valence-corrected chi connectivity index (χ1v) is 6.20. The fourth-order valence-corrected chi connectivity index (χ4v) is 2.20. The van der Waals surface area contributed by atoms with E-state index in [1.54, 1.807) is 0 Å². The molecule has 18 heavy (non-hydrogen) atoms. The van der Waals surface area contributed by atoms with Crippen molar-refractivity contribution in [2.45, 2.75) is 4.90 Å². The number of carbonyl (C=O) groups is 1. The fraction of sp³-hybridized carbons (Fsp3) is 0. The maximum absolute atomic E-state index is 11.0. The molecule has 0 heterocycles. The summed E-state index contributed by atoms with van der Waals surface area (Å²) in [6, 6.07) is 6.19. The lowest BCUT2D eigenvalue weighted by atomic mass is 10.1. The number of carboxylic acid groups (broad SMARTS) is 1. The number of aromatic carboxylic acids is 1. The van der Waals surface area contributed by atoms with E-state index in [9.17, 15) is 18.3 Å². The minimum atomic E-state index is -4.56. The first-order valence-electron chi connectivity index (χ1n) is 4.76. The van der Waals surface area contributed by atoms with Gasteiger partial charge in [0.25, 0.3) is 10.1 Å². The molecule has 0 radical (unpaired) electrons. The highest BCUT2D eigenvalue weighted by molar-refractivity contribution is 7.86. The van der Waals surface area contributed by atoms with E-state index in [1.165, 1.54) is 18.2 Å². The van der Waals surface area contributed by atoms with Crippen LogP contribution in [0.25, 0.3) is 10.8 Å². The zero-order valence-electron chi connectivity index (χ0n) is 8.86. The molecule has 0 aliphatic heterocycles. The highest BCUT2D eigenvalue weighted by Crippen LogP contribution is 2.29. The van der Waals surface area contributed by atoms with Crippen LogP contribution >= 0.6 is 0 Å². The maximum atomic E-state index is 11.0. The number of fused-ring (bicyclic) bond motifs is 1. The van der Waals surface area contributed by atoms with Crippen LogP contribution in [0.4, 0.5) is 0 Å². The van der Waals surface area contributed by atoms with Crippen LogP contribution in [-0.4, -0.2) is 29.2 Å². The Labute approximate surface area is 102 Å². The molecule has 6 nitrogen and oxygen atoms in total.